The van der Waals surface area contributed by atoms with Crippen LogP contribution < -0.4 is 5.32 Å². The number of halogens is 1. The van der Waals surface area contributed by atoms with Crippen LogP contribution in [0.15, 0.2) is 57.9 Å². The lowest BCUT2D eigenvalue weighted by atomic mass is 10.2. The highest BCUT2D eigenvalue weighted by Gasteiger charge is 2.38. The normalized spacial score (nSPS) is 16.7. The van der Waals surface area contributed by atoms with Crippen LogP contribution in [0.3, 0.4) is 0 Å². The van der Waals surface area contributed by atoms with Crippen LogP contribution in [0.1, 0.15) is 18.1 Å². The third-order valence-electron chi connectivity index (χ3n) is 4.16. The van der Waals surface area contributed by atoms with E-state index in [1.54, 1.807) is 13.0 Å². The highest BCUT2D eigenvalue weighted by atomic mass is 79.9. The number of benzene rings is 2. The van der Waals surface area contributed by atoms with Crippen LogP contribution in [0.25, 0.3) is 6.08 Å². The van der Waals surface area contributed by atoms with Gasteiger partial charge in [-0.2, -0.15) is 0 Å². The van der Waals surface area contributed by atoms with Gasteiger partial charge in [0.15, 0.2) is 0 Å². The number of nitrogens with one attached hydrogen (secondary N) is 1. The molecule has 1 fully saturated rings. The van der Waals surface area contributed by atoms with Crippen molar-refractivity contribution in [1.29, 1.82) is 0 Å². The first-order chi connectivity index (χ1) is 12.9. The number of carbonyl (C=O) groups is 2. The molecule has 27 heavy (non-hydrogen) atoms. The van der Waals surface area contributed by atoms with E-state index in [-0.39, 0.29) is 11.8 Å². The lowest BCUT2D eigenvalue weighted by Crippen LogP contribution is -2.44. The minimum Gasteiger partial charge on any atom is -0.324 e. The van der Waals surface area contributed by atoms with Gasteiger partial charge in [-0.05, 0) is 49.2 Å². The van der Waals surface area contributed by atoms with Crippen LogP contribution in [-0.4, -0.2) is 27.1 Å². The predicted octanol–water partition coefficient (Wildman–Crippen LogP) is 4.99. The molecule has 138 valence electrons. The lowest BCUT2D eigenvalue weighted by molar-refractivity contribution is -0.129. The van der Waals surface area contributed by atoms with Gasteiger partial charge >= 0.3 is 0 Å². The molecule has 1 N–H and O–H groups in total. The summed E-state index contributed by atoms with van der Waals surface area (Å²) in [7, 11) is 0. The number of anilines is 1. The summed E-state index contributed by atoms with van der Waals surface area (Å²) in [6.07, 6.45) is 1.79. The Balaban J connectivity index is 1.77. The zero-order chi connectivity index (χ0) is 19.6. The third kappa shape index (κ3) is 4.48. The van der Waals surface area contributed by atoms with Crippen molar-refractivity contribution in [2.24, 2.45) is 0 Å². The molecule has 1 aliphatic rings. The molecule has 0 aliphatic carbocycles. The number of para-hydroxylation sites is 1. The van der Waals surface area contributed by atoms with Crippen molar-refractivity contribution in [3.05, 3.63) is 69.0 Å². The topological polar surface area (TPSA) is 49.4 Å². The molecule has 0 bridgehead atoms. The molecule has 0 radical (unpaired) electrons. The van der Waals surface area contributed by atoms with E-state index >= 15 is 0 Å². The van der Waals surface area contributed by atoms with Crippen molar-refractivity contribution >= 4 is 67.8 Å². The molecule has 1 unspecified atom stereocenters. The van der Waals surface area contributed by atoms with Gasteiger partial charge in [0.2, 0.25) is 5.91 Å². The highest BCUT2D eigenvalue weighted by molar-refractivity contribution is 9.10. The van der Waals surface area contributed by atoms with E-state index in [0.29, 0.717) is 9.23 Å². The molecule has 1 saturated heterocycles. The Hall–Kier alpha value is -1.96. The molecule has 1 aliphatic heterocycles. The maximum atomic E-state index is 12.8. The monoisotopic (exact) mass is 460 g/mol. The van der Waals surface area contributed by atoms with Gasteiger partial charge in [-0.3, -0.25) is 14.5 Å². The van der Waals surface area contributed by atoms with Gasteiger partial charge in [-0.25, -0.2) is 0 Å². The SMILES string of the molecule is Cc1ccccc1NC(=O)C(C)N1C(=O)/C(=C/c2ccc(Br)cc2)SC1=S. The fourth-order valence-corrected chi connectivity index (χ4v) is 4.27. The van der Waals surface area contributed by atoms with Crippen molar-refractivity contribution in [1.82, 2.24) is 4.90 Å². The van der Waals surface area contributed by atoms with Crippen LogP contribution in [0.4, 0.5) is 5.69 Å². The Labute approximate surface area is 176 Å². The fraction of sp³-hybridized carbons (Fsp3) is 0.150. The average Bonchev–Trinajstić information content (AvgIpc) is 2.91. The number of thioether (sulfide) groups is 1. The summed E-state index contributed by atoms with van der Waals surface area (Å²) in [5, 5.41) is 2.87. The van der Waals surface area contributed by atoms with Gasteiger partial charge in [0, 0.05) is 10.2 Å². The van der Waals surface area contributed by atoms with E-state index in [2.05, 4.69) is 21.2 Å². The molecule has 0 spiro atoms. The lowest BCUT2D eigenvalue weighted by Gasteiger charge is -2.22. The molecule has 0 saturated carbocycles. The smallest absolute Gasteiger partial charge is 0.266 e. The summed E-state index contributed by atoms with van der Waals surface area (Å²) in [5.74, 6) is -0.522. The van der Waals surface area contributed by atoms with Gasteiger partial charge < -0.3 is 5.32 Å². The second-order valence-electron chi connectivity index (χ2n) is 6.08. The van der Waals surface area contributed by atoms with Crippen molar-refractivity contribution in [3.8, 4) is 0 Å². The number of hydrogen-bond acceptors (Lipinski definition) is 4. The first-order valence-electron chi connectivity index (χ1n) is 8.26. The van der Waals surface area contributed by atoms with E-state index in [4.69, 9.17) is 12.2 Å². The minimum absolute atomic E-state index is 0.250. The van der Waals surface area contributed by atoms with Crippen molar-refractivity contribution in [2.45, 2.75) is 19.9 Å². The number of amides is 2. The molecule has 1 atom stereocenters. The standard InChI is InChI=1S/C20H17BrN2O2S2/c1-12-5-3-4-6-16(12)22-18(24)13(2)23-19(25)17(27-20(23)26)11-14-7-9-15(21)10-8-14/h3-11,13H,1-2H3,(H,22,24)/b17-11-. The van der Waals surface area contributed by atoms with Crippen LogP contribution in [0.2, 0.25) is 0 Å². The summed E-state index contributed by atoms with van der Waals surface area (Å²) in [4.78, 5) is 27.3. The minimum atomic E-state index is -0.701. The maximum absolute atomic E-state index is 12.8. The molecular formula is C20H17BrN2O2S2. The molecule has 2 aromatic rings. The largest absolute Gasteiger partial charge is 0.324 e. The second kappa shape index (κ2) is 8.37. The van der Waals surface area contributed by atoms with Crippen LogP contribution in [-0.2, 0) is 9.59 Å². The van der Waals surface area contributed by atoms with E-state index in [1.807, 2.05) is 55.5 Å². The van der Waals surface area contributed by atoms with Crippen LogP contribution in [0, 0.1) is 6.92 Å². The Morgan fingerprint density at radius 2 is 1.89 bits per heavy atom. The van der Waals surface area contributed by atoms with Gasteiger partial charge in [0.25, 0.3) is 5.91 Å². The number of aryl methyl sites for hydroxylation is 1. The van der Waals surface area contributed by atoms with Gasteiger partial charge in [-0.15, -0.1) is 0 Å². The molecule has 7 heteroatoms. The molecule has 0 aromatic heterocycles. The molecular weight excluding hydrogens is 444 g/mol. The molecule has 3 rings (SSSR count). The van der Waals surface area contributed by atoms with E-state index < -0.39 is 6.04 Å². The third-order valence-corrected chi connectivity index (χ3v) is 6.02. The molecule has 2 aromatic carbocycles. The Kier molecular flexibility index (Phi) is 6.14. The summed E-state index contributed by atoms with van der Waals surface area (Å²) in [6.45, 7) is 3.60. The highest BCUT2D eigenvalue weighted by Crippen LogP contribution is 2.34. The first-order valence-corrected chi connectivity index (χ1v) is 10.3. The van der Waals surface area contributed by atoms with Crippen molar-refractivity contribution < 1.29 is 9.59 Å². The van der Waals surface area contributed by atoms with Crippen molar-refractivity contribution in [2.75, 3.05) is 5.32 Å². The summed E-state index contributed by atoms with van der Waals surface area (Å²) >= 11 is 9.96. The predicted molar refractivity (Wildman–Crippen MR) is 118 cm³/mol. The summed E-state index contributed by atoms with van der Waals surface area (Å²) in [6, 6.07) is 14.4. The summed E-state index contributed by atoms with van der Waals surface area (Å²) < 4.78 is 1.35. The fourth-order valence-electron chi connectivity index (χ4n) is 2.59. The Bertz CT molecular complexity index is 941. The second-order valence-corrected chi connectivity index (χ2v) is 8.67. The maximum Gasteiger partial charge on any atom is 0.266 e. The van der Waals surface area contributed by atoms with E-state index in [9.17, 15) is 9.59 Å². The number of rotatable bonds is 4. The van der Waals surface area contributed by atoms with E-state index in [0.717, 1.165) is 21.3 Å². The number of nitrogens with zero attached hydrogens (tertiary/aromatic N) is 1. The molecule has 2 amide bonds. The van der Waals surface area contributed by atoms with Gasteiger partial charge in [0.05, 0.1) is 4.91 Å². The van der Waals surface area contributed by atoms with Gasteiger partial charge in [-0.1, -0.05) is 70.2 Å². The number of hydrogen-bond donors (Lipinski definition) is 1. The average molecular weight is 461 g/mol. The first kappa shape index (κ1) is 19.8. The molecule has 1 heterocycles. The molecule has 4 nitrogen and oxygen atoms in total. The quantitative estimate of drug-likeness (QED) is 0.515. The van der Waals surface area contributed by atoms with E-state index in [1.165, 1.54) is 16.7 Å². The number of thiocarbonyl (C=S) groups is 1. The summed E-state index contributed by atoms with van der Waals surface area (Å²) in [5.41, 5.74) is 2.58. The Morgan fingerprint density at radius 1 is 1.22 bits per heavy atom. The van der Waals surface area contributed by atoms with Crippen LogP contribution in [0.5, 0.6) is 0 Å². The van der Waals surface area contributed by atoms with Gasteiger partial charge in [0.1, 0.15) is 10.4 Å². The Morgan fingerprint density at radius 3 is 2.56 bits per heavy atom. The number of carbonyl (C=O) groups excluding carboxylic acids is 2. The van der Waals surface area contributed by atoms with Crippen molar-refractivity contribution in [3.63, 3.8) is 0 Å². The zero-order valence-corrected chi connectivity index (χ0v) is 18.0. The van der Waals surface area contributed by atoms with Crippen LogP contribution >= 0.6 is 39.9 Å². The zero-order valence-electron chi connectivity index (χ0n) is 14.7.